The van der Waals surface area contributed by atoms with Gasteiger partial charge in [-0.3, -0.25) is 0 Å². The normalized spacial score (nSPS) is 11.3. The van der Waals surface area contributed by atoms with Crippen molar-refractivity contribution in [2.24, 2.45) is 0 Å². The van der Waals surface area contributed by atoms with Gasteiger partial charge in [-0.15, -0.1) is 0 Å². The maximum Gasteiger partial charge on any atom is 0.143 e. The number of furan rings is 1. The summed E-state index contributed by atoms with van der Waals surface area (Å²) >= 11 is 0. The smallest absolute Gasteiger partial charge is 0.143 e. The summed E-state index contributed by atoms with van der Waals surface area (Å²) in [5.41, 5.74) is 8.11. The van der Waals surface area contributed by atoms with E-state index in [1.165, 1.54) is 5.39 Å². The maximum atomic E-state index is 6.73. The Labute approximate surface area is 250 Å². The molecule has 0 amide bonds. The lowest BCUT2D eigenvalue weighted by Crippen LogP contribution is -2.17. The van der Waals surface area contributed by atoms with Gasteiger partial charge in [-0.05, 0) is 66.0 Å². The largest absolute Gasteiger partial charge is 0.455 e. The standard InChI is InChI=1S/C40H28N2O/c1-5-16-30(17-6-1)41(31-18-7-2-8-19-31)37-27-36-35-26-25-29-15-13-14-24-34(29)40(35)43-39(36)28-38(37)42(32-20-9-3-10-21-32)33-22-11-4-12-23-33/h1-28H. The van der Waals surface area contributed by atoms with Crippen molar-refractivity contribution in [1.82, 2.24) is 0 Å². The second-order valence-corrected chi connectivity index (χ2v) is 10.6. The molecule has 8 rings (SSSR count). The highest BCUT2D eigenvalue weighted by atomic mass is 16.3. The Morgan fingerprint density at radius 1 is 0.349 bits per heavy atom. The number of hydrogen-bond donors (Lipinski definition) is 0. The molecule has 0 N–H and O–H groups in total. The van der Waals surface area contributed by atoms with E-state index in [1.807, 2.05) is 0 Å². The van der Waals surface area contributed by atoms with Crippen LogP contribution in [0.15, 0.2) is 174 Å². The summed E-state index contributed by atoms with van der Waals surface area (Å²) in [5, 5.41) is 4.47. The minimum atomic E-state index is 0.850. The molecule has 0 aliphatic heterocycles. The van der Waals surface area contributed by atoms with Crippen LogP contribution >= 0.6 is 0 Å². The van der Waals surface area contributed by atoms with Crippen molar-refractivity contribution in [3.8, 4) is 0 Å². The van der Waals surface area contributed by atoms with Crippen LogP contribution in [-0.4, -0.2) is 0 Å². The van der Waals surface area contributed by atoms with Gasteiger partial charge in [0.15, 0.2) is 0 Å². The minimum Gasteiger partial charge on any atom is -0.455 e. The molecule has 0 unspecified atom stereocenters. The molecule has 0 aliphatic rings. The molecule has 0 saturated heterocycles. The lowest BCUT2D eigenvalue weighted by atomic mass is 10.0. The summed E-state index contributed by atoms with van der Waals surface area (Å²) < 4.78 is 6.73. The summed E-state index contributed by atoms with van der Waals surface area (Å²) in [5.74, 6) is 0. The van der Waals surface area contributed by atoms with E-state index in [-0.39, 0.29) is 0 Å². The van der Waals surface area contributed by atoms with Gasteiger partial charge in [0, 0.05) is 45.0 Å². The average molecular weight is 553 g/mol. The van der Waals surface area contributed by atoms with E-state index in [0.29, 0.717) is 0 Å². The van der Waals surface area contributed by atoms with Crippen LogP contribution in [0.3, 0.4) is 0 Å². The molecule has 8 aromatic rings. The van der Waals surface area contributed by atoms with Crippen LogP contribution < -0.4 is 9.80 Å². The first-order valence-electron chi connectivity index (χ1n) is 14.5. The Morgan fingerprint density at radius 3 is 1.30 bits per heavy atom. The van der Waals surface area contributed by atoms with Crippen molar-refractivity contribution in [3.63, 3.8) is 0 Å². The molecule has 43 heavy (non-hydrogen) atoms. The number of nitrogens with zero attached hydrogens (tertiary/aromatic N) is 2. The van der Waals surface area contributed by atoms with Gasteiger partial charge >= 0.3 is 0 Å². The highest BCUT2D eigenvalue weighted by Gasteiger charge is 2.25. The molecule has 0 spiro atoms. The van der Waals surface area contributed by atoms with Crippen molar-refractivity contribution in [1.29, 1.82) is 0 Å². The molecule has 0 bridgehead atoms. The Hall–Kier alpha value is -5.80. The Kier molecular flexibility index (Phi) is 6.12. The molecular formula is C40H28N2O. The average Bonchev–Trinajstić information content (AvgIpc) is 3.45. The van der Waals surface area contributed by atoms with Crippen LogP contribution in [0.25, 0.3) is 32.7 Å². The molecule has 0 saturated carbocycles. The Bertz CT molecular complexity index is 2090. The second kappa shape index (κ2) is 10.6. The SMILES string of the molecule is c1ccc(N(c2ccccc2)c2cc3oc4c5ccccc5ccc4c3cc2N(c2ccccc2)c2ccccc2)cc1. The quantitative estimate of drug-likeness (QED) is 0.205. The van der Waals surface area contributed by atoms with Crippen LogP contribution in [0.5, 0.6) is 0 Å². The first-order valence-corrected chi connectivity index (χ1v) is 14.5. The fraction of sp³-hybridized carbons (Fsp3) is 0. The first-order chi connectivity index (χ1) is 21.3. The van der Waals surface area contributed by atoms with E-state index in [1.54, 1.807) is 0 Å². The fourth-order valence-corrected chi connectivity index (χ4v) is 6.05. The third-order valence-corrected chi connectivity index (χ3v) is 8.00. The molecule has 3 heteroatoms. The zero-order chi connectivity index (χ0) is 28.6. The number of para-hydroxylation sites is 4. The van der Waals surface area contributed by atoms with Crippen molar-refractivity contribution in [2.45, 2.75) is 0 Å². The van der Waals surface area contributed by atoms with Crippen LogP contribution in [0.1, 0.15) is 0 Å². The van der Waals surface area contributed by atoms with Crippen LogP contribution in [0, 0.1) is 0 Å². The number of rotatable bonds is 6. The van der Waals surface area contributed by atoms with Crippen LogP contribution in [-0.2, 0) is 0 Å². The minimum absolute atomic E-state index is 0.850. The summed E-state index contributed by atoms with van der Waals surface area (Å²) in [6.07, 6.45) is 0. The molecular weight excluding hydrogens is 524 g/mol. The molecule has 0 radical (unpaired) electrons. The third kappa shape index (κ3) is 4.39. The van der Waals surface area contributed by atoms with Crippen LogP contribution in [0.4, 0.5) is 34.1 Å². The number of benzene rings is 7. The second-order valence-electron chi connectivity index (χ2n) is 10.6. The molecule has 3 nitrogen and oxygen atoms in total. The molecule has 0 aliphatic carbocycles. The monoisotopic (exact) mass is 552 g/mol. The zero-order valence-electron chi connectivity index (χ0n) is 23.5. The molecule has 0 fully saturated rings. The first kappa shape index (κ1) is 25.0. The van der Waals surface area contributed by atoms with Gasteiger partial charge in [-0.2, -0.15) is 0 Å². The van der Waals surface area contributed by atoms with E-state index >= 15 is 0 Å². The van der Waals surface area contributed by atoms with Crippen molar-refractivity contribution in [3.05, 3.63) is 170 Å². The summed E-state index contributed by atoms with van der Waals surface area (Å²) in [7, 11) is 0. The van der Waals surface area contributed by atoms with Gasteiger partial charge < -0.3 is 14.2 Å². The number of hydrogen-bond acceptors (Lipinski definition) is 3. The summed E-state index contributed by atoms with van der Waals surface area (Å²) in [6.45, 7) is 0. The van der Waals surface area contributed by atoms with Crippen molar-refractivity contribution in [2.75, 3.05) is 9.80 Å². The van der Waals surface area contributed by atoms with Crippen LogP contribution in [0.2, 0.25) is 0 Å². The Morgan fingerprint density at radius 2 is 0.791 bits per heavy atom. The molecule has 1 aromatic heterocycles. The van der Waals surface area contributed by atoms with E-state index in [9.17, 15) is 0 Å². The maximum absolute atomic E-state index is 6.73. The van der Waals surface area contributed by atoms with E-state index in [2.05, 4.69) is 180 Å². The highest BCUT2D eigenvalue weighted by Crippen LogP contribution is 2.49. The number of anilines is 6. The predicted molar refractivity (Wildman–Crippen MR) is 181 cm³/mol. The third-order valence-electron chi connectivity index (χ3n) is 8.00. The van der Waals surface area contributed by atoms with Crippen molar-refractivity contribution >= 4 is 66.8 Å². The number of fused-ring (bicyclic) bond motifs is 5. The molecule has 0 atom stereocenters. The van der Waals surface area contributed by atoms with Gasteiger partial charge in [0.1, 0.15) is 11.2 Å². The molecule has 204 valence electrons. The lowest BCUT2D eigenvalue weighted by Gasteiger charge is -2.33. The van der Waals surface area contributed by atoms with Gasteiger partial charge in [-0.1, -0.05) is 103 Å². The summed E-state index contributed by atoms with van der Waals surface area (Å²) in [4.78, 5) is 4.66. The fourth-order valence-electron chi connectivity index (χ4n) is 6.05. The molecule has 1 heterocycles. The van der Waals surface area contributed by atoms with E-state index in [4.69, 9.17) is 4.42 Å². The van der Waals surface area contributed by atoms with Gasteiger partial charge in [-0.25, -0.2) is 0 Å². The van der Waals surface area contributed by atoms with E-state index < -0.39 is 0 Å². The molecule has 7 aromatic carbocycles. The predicted octanol–water partition coefficient (Wildman–Crippen LogP) is 11.7. The Balaban J connectivity index is 1.50. The van der Waals surface area contributed by atoms with Crippen molar-refractivity contribution < 1.29 is 4.42 Å². The van der Waals surface area contributed by atoms with E-state index in [0.717, 1.165) is 61.4 Å². The topological polar surface area (TPSA) is 19.6 Å². The van der Waals surface area contributed by atoms with Gasteiger partial charge in [0.2, 0.25) is 0 Å². The van der Waals surface area contributed by atoms with Gasteiger partial charge in [0.05, 0.1) is 11.4 Å². The van der Waals surface area contributed by atoms with Gasteiger partial charge in [0.25, 0.3) is 0 Å². The zero-order valence-corrected chi connectivity index (χ0v) is 23.5. The highest BCUT2D eigenvalue weighted by molar-refractivity contribution is 6.17. The lowest BCUT2D eigenvalue weighted by molar-refractivity contribution is 0.672. The summed E-state index contributed by atoms with van der Waals surface area (Å²) in [6, 6.07) is 59.5.